The molecule has 0 fully saturated rings. The van der Waals surface area contributed by atoms with Crippen molar-refractivity contribution in [2.75, 3.05) is 12.4 Å². The van der Waals surface area contributed by atoms with Crippen molar-refractivity contribution in [3.63, 3.8) is 0 Å². The number of anilines is 1. The summed E-state index contributed by atoms with van der Waals surface area (Å²) < 4.78 is 1.80. The molecule has 3 rings (SSSR count). The van der Waals surface area contributed by atoms with E-state index in [0.717, 1.165) is 5.69 Å². The lowest BCUT2D eigenvalue weighted by Crippen LogP contribution is -2.57. The van der Waals surface area contributed by atoms with E-state index in [9.17, 15) is 9.59 Å². The van der Waals surface area contributed by atoms with Crippen LogP contribution in [-0.4, -0.2) is 23.8 Å². The van der Waals surface area contributed by atoms with Crippen molar-refractivity contribution in [1.29, 1.82) is 0 Å². The largest absolute Gasteiger partial charge is 0.324 e. The molecule has 1 aromatic carbocycles. The standard InChI is InChI=1S/C16H14ClN3O2/c1-19-14(21)10-20-9-3-2-4-13(20)15(19)16(22)18-12-7-5-11(17)6-8-12/h2-9,15H,10H2,1H3/p+1. The molecule has 0 spiro atoms. The molecule has 0 bridgehead atoms. The smallest absolute Gasteiger partial charge is 0.289 e. The number of carbonyl (C=O) groups is 2. The van der Waals surface area contributed by atoms with Gasteiger partial charge in [-0.2, -0.15) is 4.57 Å². The van der Waals surface area contributed by atoms with E-state index in [4.69, 9.17) is 11.6 Å². The number of fused-ring (bicyclic) bond motifs is 1. The zero-order chi connectivity index (χ0) is 15.7. The Morgan fingerprint density at radius 3 is 2.73 bits per heavy atom. The minimum Gasteiger partial charge on any atom is -0.324 e. The van der Waals surface area contributed by atoms with Gasteiger partial charge in [-0.1, -0.05) is 17.7 Å². The maximum Gasteiger partial charge on any atom is 0.289 e. The molecule has 1 aliphatic heterocycles. The zero-order valence-electron chi connectivity index (χ0n) is 12.0. The number of aromatic nitrogens is 1. The predicted molar refractivity (Wildman–Crippen MR) is 82.2 cm³/mol. The van der Waals surface area contributed by atoms with Crippen molar-refractivity contribution in [2.24, 2.45) is 0 Å². The van der Waals surface area contributed by atoms with Crippen LogP contribution in [0.1, 0.15) is 11.7 Å². The van der Waals surface area contributed by atoms with E-state index in [2.05, 4.69) is 5.32 Å². The molecule has 6 heteroatoms. The second-order valence-corrected chi connectivity index (χ2v) is 5.59. The quantitative estimate of drug-likeness (QED) is 0.859. The topological polar surface area (TPSA) is 53.3 Å². The van der Waals surface area contributed by atoms with Crippen LogP contribution in [0.5, 0.6) is 0 Å². The highest BCUT2D eigenvalue weighted by Crippen LogP contribution is 2.22. The monoisotopic (exact) mass is 316 g/mol. The fourth-order valence-electron chi connectivity index (χ4n) is 2.54. The van der Waals surface area contributed by atoms with Gasteiger partial charge in [0.2, 0.25) is 12.2 Å². The van der Waals surface area contributed by atoms with Gasteiger partial charge in [0, 0.05) is 29.9 Å². The summed E-state index contributed by atoms with van der Waals surface area (Å²) in [7, 11) is 1.64. The molecule has 0 saturated carbocycles. The molecule has 22 heavy (non-hydrogen) atoms. The van der Waals surface area contributed by atoms with E-state index in [0.29, 0.717) is 10.7 Å². The molecule has 2 aromatic rings. The third kappa shape index (κ3) is 2.67. The number of pyridine rings is 1. The molecule has 112 valence electrons. The highest BCUT2D eigenvalue weighted by molar-refractivity contribution is 6.30. The van der Waals surface area contributed by atoms with Gasteiger partial charge in [0.25, 0.3) is 11.8 Å². The minimum atomic E-state index is -0.655. The molecule has 2 heterocycles. The highest BCUT2D eigenvalue weighted by atomic mass is 35.5. The molecule has 1 aromatic heterocycles. The number of benzene rings is 1. The van der Waals surface area contributed by atoms with E-state index in [1.54, 1.807) is 35.9 Å². The highest BCUT2D eigenvalue weighted by Gasteiger charge is 2.40. The van der Waals surface area contributed by atoms with Crippen molar-refractivity contribution < 1.29 is 14.2 Å². The van der Waals surface area contributed by atoms with Crippen molar-refractivity contribution in [1.82, 2.24) is 4.90 Å². The van der Waals surface area contributed by atoms with Gasteiger partial charge in [0.05, 0.1) is 0 Å². The van der Waals surface area contributed by atoms with Crippen LogP contribution >= 0.6 is 11.6 Å². The van der Waals surface area contributed by atoms with Crippen molar-refractivity contribution in [3.05, 3.63) is 59.4 Å². The van der Waals surface area contributed by atoms with Gasteiger partial charge in [-0.3, -0.25) is 9.59 Å². The van der Waals surface area contributed by atoms with Gasteiger partial charge in [0.1, 0.15) is 0 Å². The average molecular weight is 317 g/mol. The Morgan fingerprint density at radius 1 is 1.27 bits per heavy atom. The molecule has 2 amide bonds. The number of nitrogens with zero attached hydrogens (tertiary/aromatic N) is 2. The van der Waals surface area contributed by atoms with Crippen molar-refractivity contribution in [3.8, 4) is 0 Å². The number of nitrogens with one attached hydrogen (secondary N) is 1. The fraction of sp³-hybridized carbons (Fsp3) is 0.188. The maximum absolute atomic E-state index is 12.6. The second-order valence-electron chi connectivity index (χ2n) is 5.16. The number of hydrogen-bond donors (Lipinski definition) is 1. The summed E-state index contributed by atoms with van der Waals surface area (Å²) in [5.74, 6) is -0.349. The van der Waals surface area contributed by atoms with Crippen molar-refractivity contribution in [2.45, 2.75) is 12.6 Å². The summed E-state index contributed by atoms with van der Waals surface area (Å²) in [6.07, 6.45) is 1.81. The Kier molecular flexibility index (Phi) is 3.81. The molecule has 0 aliphatic carbocycles. The number of likely N-dealkylation sites (N-methyl/N-ethyl adjacent to an activating group) is 1. The number of carbonyl (C=O) groups excluding carboxylic acids is 2. The third-order valence-corrected chi connectivity index (χ3v) is 3.95. The summed E-state index contributed by atoms with van der Waals surface area (Å²) in [4.78, 5) is 26.2. The molecule has 5 nitrogen and oxygen atoms in total. The first-order chi connectivity index (χ1) is 10.6. The molecule has 0 radical (unpaired) electrons. The number of halogens is 1. The maximum atomic E-state index is 12.6. The Labute approximate surface area is 133 Å². The van der Waals surface area contributed by atoms with Crippen LogP contribution in [-0.2, 0) is 16.1 Å². The SMILES string of the molecule is CN1C(=O)C[n+]2ccccc2C1C(=O)Nc1ccc(Cl)cc1. The van der Waals surface area contributed by atoms with Crippen LogP contribution in [0, 0.1) is 0 Å². The Bertz CT molecular complexity index is 730. The van der Waals surface area contributed by atoms with Crippen LogP contribution in [0.15, 0.2) is 48.7 Å². The predicted octanol–water partition coefficient (Wildman–Crippen LogP) is 1.78. The van der Waals surface area contributed by atoms with Crippen molar-refractivity contribution >= 4 is 29.1 Å². The van der Waals surface area contributed by atoms with Crippen LogP contribution in [0.3, 0.4) is 0 Å². The second kappa shape index (κ2) is 5.77. The van der Waals surface area contributed by atoms with Gasteiger partial charge in [-0.25, -0.2) is 0 Å². The van der Waals surface area contributed by atoms with Gasteiger partial charge in [0.15, 0.2) is 12.2 Å². The molecule has 1 unspecified atom stereocenters. The fourth-order valence-corrected chi connectivity index (χ4v) is 2.66. The van der Waals surface area contributed by atoms with Gasteiger partial charge in [-0.05, 0) is 24.3 Å². The Morgan fingerprint density at radius 2 is 2.00 bits per heavy atom. The molecule has 1 N–H and O–H groups in total. The van der Waals surface area contributed by atoms with Gasteiger partial charge >= 0.3 is 0 Å². The van der Waals surface area contributed by atoms with Crippen LogP contribution in [0.25, 0.3) is 0 Å². The molecular formula is C16H15ClN3O2+. The zero-order valence-corrected chi connectivity index (χ0v) is 12.7. The van der Waals surface area contributed by atoms with Crippen LogP contribution in [0.4, 0.5) is 5.69 Å². The first-order valence-electron chi connectivity index (χ1n) is 6.87. The van der Waals surface area contributed by atoms with E-state index < -0.39 is 6.04 Å². The van der Waals surface area contributed by atoms with E-state index >= 15 is 0 Å². The van der Waals surface area contributed by atoms with E-state index in [-0.39, 0.29) is 18.4 Å². The molecule has 0 saturated heterocycles. The van der Waals surface area contributed by atoms with Crippen LogP contribution in [0.2, 0.25) is 5.02 Å². The Hall–Kier alpha value is -2.40. The molecule has 1 atom stereocenters. The normalized spacial score (nSPS) is 17.1. The average Bonchev–Trinajstić information content (AvgIpc) is 2.50. The summed E-state index contributed by atoms with van der Waals surface area (Å²) in [6, 6.07) is 11.8. The van der Waals surface area contributed by atoms with Gasteiger partial charge < -0.3 is 10.2 Å². The Balaban J connectivity index is 1.90. The molecule has 1 aliphatic rings. The number of rotatable bonds is 2. The third-order valence-electron chi connectivity index (χ3n) is 3.70. The summed E-state index contributed by atoms with van der Waals surface area (Å²) in [5, 5.41) is 3.43. The number of hydrogen-bond acceptors (Lipinski definition) is 2. The van der Waals surface area contributed by atoms with Gasteiger partial charge in [-0.15, -0.1) is 0 Å². The first kappa shape index (κ1) is 14.5. The number of amides is 2. The summed E-state index contributed by atoms with van der Waals surface area (Å²) in [5.41, 5.74) is 1.43. The van der Waals surface area contributed by atoms with Crippen LogP contribution < -0.4 is 9.88 Å². The van der Waals surface area contributed by atoms with E-state index in [1.165, 1.54) is 4.90 Å². The summed E-state index contributed by atoms with van der Waals surface area (Å²) >= 11 is 5.84. The first-order valence-corrected chi connectivity index (χ1v) is 7.24. The molecular weight excluding hydrogens is 302 g/mol. The summed E-state index contributed by atoms with van der Waals surface area (Å²) in [6.45, 7) is 0.247. The lowest BCUT2D eigenvalue weighted by molar-refractivity contribution is -0.698. The lowest BCUT2D eigenvalue weighted by atomic mass is 10.1. The lowest BCUT2D eigenvalue weighted by Gasteiger charge is -2.28. The van der Waals surface area contributed by atoms with E-state index in [1.807, 2.05) is 24.4 Å². The minimum absolute atomic E-state index is 0.0973.